The van der Waals surface area contributed by atoms with E-state index in [9.17, 15) is 4.79 Å². The number of carbonyl (C=O) groups is 1. The van der Waals surface area contributed by atoms with E-state index >= 15 is 0 Å². The van der Waals surface area contributed by atoms with Crippen molar-refractivity contribution in [2.75, 3.05) is 5.32 Å². The lowest BCUT2D eigenvalue weighted by Crippen LogP contribution is -2.38. The fourth-order valence-electron chi connectivity index (χ4n) is 2.72. The highest BCUT2D eigenvalue weighted by molar-refractivity contribution is 5.69. The van der Waals surface area contributed by atoms with Crippen molar-refractivity contribution in [3.05, 3.63) is 12.4 Å². The molecule has 1 aliphatic rings. The topological polar surface area (TPSA) is 105 Å². The Kier molecular flexibility index (Phi) is 2.77. The minimum absolute atomic E-state index is 0.0888. The fourth-order valence-corrected chi connectivity index (χ4v) is 2.72. The van der Waals surface area contributed by atoms with Crippen LogP contribution in [0.25, 0.3) is 5.65 Å². The lowest BCUT2D eigenvalue weighted by molar-refractivity contribution is -0.138. The van der Waals surface area contributed by atoms with Gasteiger partial charge in [-0.3, -0.25) is 9.78 Å². The summed E-state index contributed by atoms with van der Waals surface area (Å²) in [4.78, 5) is 15.1. The van der Waals surface area contributed by atoms with E-state index in [2.05, 4.69) is 25.8 Å². The summed E-state index contributed by atoms with van der Waals surface area (Å²) in [6.45, 7) is 0. The van der Waals surface area contributed by atoms with Crippen LogP contribution in [0.3, 0.4) is 0 Å². The molecule has 0 amide bonds. The molecular formula is C11H14N6O2. The number of aromatic nitrogens is 5. The third-order valence-corrected chi connectivity index (χ3v) is 3.55. The molecule has 0 unspecified atom stereocenters. The van der Waals surface area contributed by atoms with Crippen molar-refractivity contribution in [3.63, 3.8) is 0 Å². The van der Waals surface area contributed by atoms with Gasteiger partial charge in [-0.05, 0) is 23.3 Å². The van der Waals surface area contributed by atoms with Crippen molar-refractivity contribution in [3.8, 4) is 0 Å². The van der Waals surface area contributed by atoms with Crippen molar-refractivity contribution in [2.45, 2.75) is 37.6 Å². The third kappa shape index (κ3) is 2.20. The molecular weight excluding hydrogens is 248 g/mol. The van der Waals surface area contributed by atoms with Crippen molar-refractivity contribution in [1.29, 1.82) is 0 Å². The molecule has 0 aliphatic heterocycles. The van der Waals surface area contributed by atoms with Crippen molar-refractivity contribution >= 4 is 17.4 Å². The zero-order valence-electron chi connectivity index (χ0n) is 10.3. The maximum absolute atomic E-state index is 11.1. The fraction of sp³-hybridized carbons (Fsp3) is 0.545. The van der Waals surface area contributed by atoms with Gasteiger partial charge in [-0.25, -0.2) is 0 Å². The van der Waals surface area contributed by atoms with Gasteiger partial charge in [0.05, 0.1) is 18.8 Å². The number of rotatable bonds is 4. The summed E-state index contributed by atoms with van der Waals surface area (Å²) in [5.41, 5.74) is 0.113. The summed E-state index contributed by atoms with van der Waals surface area (Å²) >= 11 is 0. The van der Waals surface area contributed by atoms with E-state index in [4.69, 9.17) is 5.11 Å². The molecule has 0 spiro atoms. The second-order valence-corrected chi connectivity index (χ2v) is 4.92. The highest BCUT2D eigenvalue weighted by Gasteiger charge is 2.36. The second-order valence-electron chi connectivity index (χ2n) is 4.92. The molecule has 100 valence electrons. The van der Waals surface area contributed by atoms with Crippen LogP contribution in [0.2, 0.25) is 0 Å². The van der Waals surface area contributed by atoms with Crippen molar-refractivity contribution < 1.29 is 9.90 Å². The Morgan fingerprint density at radius 3 is 2.95 bits per heavy atom. The molecule has 0 aromatic carbocycles. The Hall–Kier alpha value is -2.25. The van der Waals surface area contributed by atoms with Crippen LogP contribution in [0.5, 0.6) is 0 Å². The molecule has 2 N–H and O–H groups in total. The molecule has 2 aromatic rings. The first-order valence-electron chi connectivity index (χ1n) is 6.21. The van der Waals surface area contributed by atoms with Gasteiger partial charge in [-0.1, -0.05) is 12.8 Å². The Balaban J connectivity index is 1.93. The highest BCUT2D eigenvalue weighted by atomic mass is 16.4. The first-order chi connectivity index (χ1) is 9.19. The molecule has 2 aromatic heterocycles. The molecule has 0 saturated heterocycles. The number of tetrazole rings is 1. The van der Waals surface area contributed by atoms with Crippen LogP contribution in [0, 0.1) is 0 Å². The molecule has 3 rings (SSSR count). The van der Waals surface area contributed by atoms with Gasteiger partial charge in [-0.15, -0.1) is 5.10 Å². The average Bonchev–Trinajstić information content (AvgIpc) is 2.98. The predicted octanol–water partition coefficient (Wildman–Crippen LogP) is 0.719. The maximum Gasteiger partial charge on any atom is 0.305 e. The smallest absolute Gasteiger partial charge is 0.305 e. The molecule has 19 heavy (non-hydrogen) atoms. The number of carboxylic acids is 1. The quantitative estimate of drug-likeness (QED) is 0.836. The lowest BCUT2D eigenvalue weighted by Gasteiger charge is -2.29. The Labute approximate surface area is 108 Å². The molecule has 1 aliphatic carbocycles. The second kappa shape index (κ2) is 4.45. The summed E-state index contributed by atoms with van der Waals surface area (Å²) in [6, 6.07) is 0. The maximum atomic E-state index is 11.1. The standard InChI is InChI=1S/C11H14N6O2/c18-10(19)5-11(3-1-2-4-11)13-8-6-12-7-9-14-15-16-17(8)9/h6-7,13H,1-5H2,(H,18,19). The predicted molar refractivity (Wildman–Crippen MR) is 65.7 cm³/mol. The number of fused-ring (bicyclic) bond motifs is 1. The van der Waals surface area contributed by atoms with Gasteiger partial charge in [0.15, 0.2) is 11.5 Å². The van der Waals surface area contributed by atoms with Gasteiger partial charge in [0.25, 0.3) is 0 Å². The van der Waals surface area contributed by atoms with Gasteiger partial charge in [-0.2, -0.15) is 4.52 Å². The van der Waals surface area contributed by atoms with Crippen molar-refractivity contribution in [1.82, 2.24) is 25.0 Å². The summed E-state index contributed by atoms with van der Waals surface area (Å²) in [6.07, 6.45) is 6.98. The zero-order chi connectivity index (χ0) is 13.3. The molecule has 1 saturated carbocycles. The molecule has 1 fully saturated rings. The minimum atomic E-state index is -0.800. The average molecular weight is 262 g/mol. The normalized spacial score (nSPS) is 17.7. The van der Waals surface area contributed by atoms with E-state index < -0.39 is 11.5 Å². The summed E-state index contributed by atoms with van der Waals surface area (Å²) < 4.78 is 1.54. The number of aliphatic carboxylic acids is 1. The third-order valence-electron chi connectivity index (χ3n) is 3.55. The van der Waals surface area contributed by atoms with Crippen LogP contribution >= 0.6 is 0 Å². The van der Waals surface area contributed by atoms with Gasteiger partial charge in [0, 0.05) is 5.54 Å². The largest absolute Gasteiger partial charge is 0.481 e. The summed E-state index contributed by atoms with van der Waals surface area (Å²) in [5.74, 6) is -0.170. The Morgan fingerprint density at radius 1 is 1.42 bits per heavy atom. The number of hydrogen-bond donors (Lipinski definition) is 2. The van der Waals surface area contributed by atoms with Crippen LogP contribution in [0.1, 0.15) is 32.1 Å². The number of nitrogens with zero attached hydrogens (tertiary/aromatic N) is 5. The zero-order valence-corrected chi connectivity index (χ0v) is 10.3. The van der Waals surface area contributed by atoms with Crippen LogP contribution in [-0.2, 0) is 4.79 Å². The van der Waals surface area contributed by atoms with E-state index in [0.717, 1.165) is 25.7 Å². The number of hydrogen-bond acceptors (Lipinski definition) is 6. The van der Waals surface area contributed by atoms with Crippen molar-refractivity contribution in [2.24, 2.45) is 0 Å². The number of anilines is 1. The van der Waals surface area contributed by atoms with Crippen LogP contribution in [0.4, 0.5) is 5.82 Å². The molecule has 2 heterocycles. The van der Waals surface area contributed by atoms with E-state index in [0.29, 0.717) is 11.5 Å². The van der Waals surface area contributed by atoms with Gasteiger partial charge in [0.2, 0.25) is 0 Å². The van der Waals surface area contributed by atoms with Crippen LogP contribution < -0.4 is 5.32 Å². The SMILES string of the molecule is O=C(O)CC1(Nc2cncc3nnnn23)CCCC1. The first-order valence-corrected chi connectivity index (χ1v) is 6.21. The molecule has 8 nitrogen and oxygen atoms in total. The molecule has 8 heteroatoms. The minimum Gasteiger partial charge on any atom is -0.481 e. The molecule has 0 atom stereocenters. The summed E-state index contributed by atoms with van der Waals surface area (Å²) in [7, 11) is 0. The Bertz CT molecular complexity index is 604. The molecule has 0 bridgehead atoms. The highest BCUT2D eigenvalue weighted by Crippen LogP contribution is 2.35. The first kappa shape index (κ1) is 11.8. The van der Waals surface area contributed by atoms with E-state index in [1.165, 1.54) is 4.52 Å². The van der Waals surface area contributed by atoms with Crippen LogP contribution in [-0.4, -0.2) is 41.6 Å². The number of nitrogens with one attached hydrogen (secondary N) is 1. The Morgan fingerprint density at radius 2 is 2.21 bits per heavy atom. The monoisotopic (exact) mass is 262 g/mol. The number of carboxylic acid groups (broad SMARTS) is 1. The van der Waals surface area contributed by atoms with Crippen LogP contribution in [0.15, 0.2) is 12.4 Å². The molecule has 0 radical (unpaired) electrons. The van der Waals surface area contributed by atoms with E-state index in [-0.39, 0.29) is 6.42 Å². The summed E-state index contributed by atoms with van der Waals surface area (Å²) in [5, 5.41) is 23.7. The lowest BCUT2D eigenvalue weighted by atomic mass is 9.93. The van der Waals surface area contributed by atoms with Gasteiger partial charge in [0.1, 0.15) is 0 Å². The van der Waals surface area contributed by atoms with Gasteiger partial charge < -0.3 is 10.4 Å². The van der Waals surface area contributed by atoms with E-state index in [1.807, 2.05) is 0 Å². The van der Waals surface area contributed by atoms with E-state index in [1.54, 1.807) is 12.4 Å². The van der Waals surface area contributed by atoms with Gasteiger partial charge >= 0.3 is 5.97 Å².